The van der Waals surface area contributed by atoms with Crippen LogP contribution in [0.3, 0.4) is 0 Å². The molecule has 0 unspecified atom stereocenters. The molecule has 1 aliphatic carbocycles. The number of ether oxygens (including phenoxy) is 1. The zero-order valence-electron chi connectivity index (χ0n) is 11.8. The van der Waals surface area contributed by atoms with Crippen molar-refractivity contribution in [2.24, 2.45) is 0 Å². The van der Waals surface area contributed by atoms with Gasteiger partial charge in [0.25, 0.3) is 0 Å². The highest BCUT2D eigenvalue weighted by atomic mass is 79.9. The number of rotatable bonds is 6. The van der Waals surface area contributed by atoms with Crippen molar-refractivity contribution in [2.45, 2.75) is 39.0 Å². The van der Waals surface area contributed by atoms with Crippen molar-refractivity contribution in [1.29, 1.82) is 0 Å². The van der Waals surface area contributed by atoms with Crippen LogP contribution in [0.5, 0.6) is 5.75 Å². The first-order valence-corrected chi connectivity index (χ1v) is 9.47. The summed E-state index contributed by atoms with van der Waals surface area (Å²) in [6.07, 6.45) is 2.59. The Morgan fingerprint density at radius 2 is 2.14 bits per heavy atom. The van der Waals surface area contributed by atoms with E-state index in [4.69, 9.17) is 4.74 Å². The summed E-state index contributed by atoms with van der Waals surface area (Å²) in [6.45, 7) is 3.58. The fourth-order valence-corrected chi connectivity index (χ4v) is 4.24. The lowest BCUT2D eigenvalue weighted by atomic mass is 10.1. The van der Waals surface area contributed by atoms with Crippen LogP contribution in [0.25, 0.3) is 0 Å². The molecule has 1 heterocycles. The zero-order chi connectivity index (χ0) is 14.8. The van der Waals surface area contributed by atoms with Gasteiger partial charge in [-0.3, -0.25) is 0 Å². The number of thiophene rings is 1. The van der Waals surface area contributed by atoms with Crippen LogP contribution in [0.1, 0.15) is 28.8 Å². The lowest BCUT2D eigenvalue weighted by molar-refractivity contribution is 0.302. The molecule has 1 saturated carbocycles. The molecule has 112 valence electrons. The van der Waals surface area contributed by atoms with E-state index in [-0.39, 0.29) is 0 Å². The second kappa shape index (κ2) is 6.82. The summed E-state index contributed by atoms with van der Waals surface area (Å²) in [7, 11) is 0. The van der Waals surface area contributed by atoms with Gasteiger partial charge in [-0.2, -0.15) is 0 Å². The lowest BCUT2D eigenvalue weighted by Crippen LogP contribution is -2.16. The molecule has 0 amide bonds. The van der Waals surface area contributed by atoms with Crippen molar-refractivity contribution >= 4 is 43.2 Å². The Kier molecular flexibility index (Phi) is 5.04. The highest BCUT2D eigenvalue weighted by Crippen LogP contribution is 2.31. The Hall–Kier alpha value is -0.360. The molecule has 3 rings (SSSR count). The van der Waals surface area contributed by atoms with Crippen LogP contribution in [-0.4, -0.2) is 6.04 Å². The minimum atomic E-state index is 0.608. The molecule has 1 fully saturated rings. The Balaban J connectivity index is 1.76. The van der Waals surface area contributed by atoms with Crippen molar-refractivity contribution in [3.8, 4) is 5.75 Å². The van der Waals surface area contributed by atoms with Gasteiger partial charge < -0.3 is 10.1 Å². The van der Waals surface area contributed by atoms with E-state index in [1.165, 1.54) is 28.8 Å². The molecule has 1 aromatic heterocycles. The smallest absolute Gasteiger partial charge is 0.127 e. The molecular weight excluding hydrogens is 414 g/mol. The maximum Gasteiger partial charge on any atom is 0.127 e. The summed E-state index contributed by atoms with van der Waals surface area (Å²) in [5.41, 5.74) is 2.39. The third-order valence-corrected chi connectivity index (χ3v) is 5.87. The number of halogens is 2. The summed E-state index contributed by atoms with van der Waals surface area (Å²) in [5.74, 6) is 1.01. The van der Waals surface area contributed by atoms with Crippen molar-refractivity contribution < 1.29 is 4.74 Å². The molecular formula is C16H17Br2NOS. The minimum absolute atomic E-state index is 0.608. The number of hydrogen-bond donors (Lipinski definition) is 1. The lowest BCUT2D eigenvalue weighted by Gasteiger charge is -2.15. The molecule has 21 heavy (non-hydrogen) atoms. The molecule has 0 radical (unpaired) electrons. The topological polar surface area (TPSA) is 21.3 Å². The van der Waals surface area contributed by atoms with Gasteiger partial charge >= 0.3 is 0 Å². The number of nitrogens with one attached hydrogen (secondary N) is 1. The standard InChI is InChI=1S/C16H17Br2NOS/c1-10-6-12(17)7-11(8-19-13-2-3-13)16(10)20-9-15-14(18)4-5-21-15/h4-7,13,19H,2-3,8-9H2,1H3. The van der Waals surface area contributed by atoms with Crippen LogP contribution in [0, 0.1) is 6.92 Å². The van der Waals surface area contributed by atoms with E-state index in [9.17, 15) is 0 Å². The van der Waals surface area contributed by atoms with Gasteiger partial charge in [0.05, 0.1) is 4.88 Å². The average molecular weight is 431 g/mol. The van der Waals surface area contributed by atoms with Gasteiger partial charge in [-0.15, -0.1) is 11.3 Å². The highest BCUT2D eigenvalue weighted by molar-refractivity contribution is 9.10. The van der Waals surface area contributed by atoms with Crippen molar-refractivity contribution in [3.05, 3.63) is 48.5 Å². The highest BCUT2D eigenvalue weighted by Gasteiger charge is 2.21. The van der Waals surface area contributed by atoms with E-state index < -0.39 is 0 Å². The monoisotopic (exact) mass is 429 g/mol. The Labute approximate surface area is 146 Å². The third kappa shape index (κ3) is 4.09. The molecule has 0 saturated heterocycles. The molecule has 1 aliphatic rings. The Bertz CT molecular complexity index is 637. The van der Waals surface area contributed by atoms with Gasteiger partial charge in [-0.25, -0.2) is 0 Å². The van der Waals surface area contributed by atoms with Gasteiger partial charge in [-0.05, 0) is 64.8 Å². The number of benzene rings is 1. The second-order valence-electron chi connectivity index (χ2n) is 5.35. The van der Waals surface area contributed by atoms with Crippen molar-refractivity contribution in [1.82, 2.24) is 5.32 Å². The molecule has 0 atom stereocenters. The number of aryl methyl sites for hydroxylation is 1. The van der Waals surface area contributed by atoms with Crippen molar-refractivity contribution in [3.63, 3.8) is 0 Å². The predicted octanol–water partition coefficient (Wildman–Crippen LogP) is 5.41. The minimum Gasteiger partial charge on any atom is -0.487 e. The molecule has 0 aliphatic heterocycles. The molecule has 2 nitrogen and oxygen atoms in total. The summed E-state index contributed by atoms with van der Waals surface area (Å²) < 4.78 is 8.35. The van der Waals surface area contributed by atoms with Crippen LogP contribution >= 0.6 is 43.2 Å². The molecule has 5 heteroatoms. The quantitative estimate of drug-likeness (QED) is 0.661. The Morgan fingerprint density at radius 1 is 1.33 bits per heavy atom. The van der Waals surface area contributed by atoms with E-state index in [1.807, 2.05) is 0 Å². The van der Waals surface area contributed by atoms with Gasteiger partial charge in [0, 0.05) is 27.1 Å². The zero-order valence-corrected chi connectivity index (χ0v) is 15.8. The van der Waals surface area contributed by atoms with Gasteiger partial charge in [0.15, 0.2) is 0 Å². The van der Waals surface area contributed by atoms with E-state index >= 15 is 0 Å². The van der Waals surface area contributed by atoms with Gasteiger partial charge in [0.2, 0.25) is 0 Å². The van der Waals surface area contributed by atoms with E-state index in [1.54, 1.807) is 11.3 Å². The van der Waals surface area contributed by atoms with Crippen LogP contribution in [0.4, 0.5) is 0 Å². The van der Waals surface area contributed by atoms with E-state index in [2.05, 4.69) is 67.7 Å². The summed E-state index contributed by atoms with van der Waals surface area (Å²) in [4.78, 5) is 1.22. The molecule has 1 N–H and O–H groups in total. The van der Waals surface area contributed by atoms with Crippen LogP contribution in [0.2, 0.25) is 0 Å². The first-order chi connectivity index (χ1) is 10.1. The molecule has 2 aromatic rings. The molecule has 0 bridgehead atoms. The van der Waals surface area contributed by atoms with Crippen LogP contribution in [-0.2, 0) is 13.2 Å². The second-order valence-corrected chi connectivity index (χ2v) is 8.12. The van der Waals surface area contributed by atoms with E-state index in [0.717, 1.165) is 21.2 Å². The first kappa shape index (κ1) is 15.5. The maximum atomic E-state index is 6.12. The fourth-order valence-electron chi connectivity index (χ4n) is 2.24. The fraction of sp³-hybridized carbons (Fsp3) is 0.375. The van der Waals surface area contributed by atoms with Crippen LogP contribution < -0.4 is 10.1 Å². The van der Waals surface area contributed by atoms with Gasteiger partial charge in [0.1, 0.15) is 12.4 Å². The van der Waals surface area contributed by atoms with Gasteiger partial charge in [-0.1, -0.05) is 15.9 Å². The van der Waals surface area contributed by atoms with Crippen LogP contribution in [0.15, 0.2) is 32.5 Å². The molecule has 0 spiro atoms. The number of hydrogen-bond acceptors (Lipinski definition) is 3. The molecule has 1 aromatic carbocycles. The maximum absolute atomic E-state index is 6.12. The summed E-state index contributed by atoms with van der Waals surface area (Å²) in [5, 5.41) is 5.64. The third-order valence-electron chi connectivity index (χ3n) is 3.51. The van der Waals surface area contributed by atoms with Crippen molar-refractivity contribution in [2.75, 3.05) is 0 Å². The normalized spacial score (nSPS) is 14.4. The average Bonchev–Trinajstić information content (AvgIpc) is 3.18. The summed E-state index contributed by atoms with van der Waals surface area (Å²) in [6, 6.07) is 7.03. The predicted molar refractivity (Wildman–Crippen MR) is 95.1 cm³/mol. The Morgan fingerprint density at radius 3 is 2.81 bits per heavy atom. The SMILES string of the molecule is Cc1cc(Br)cc(CNC2CC2)c1OCc1sccc1Br. The largest absolute Gasteiger partial charge is 0.487 e. The first-order valence-electron chi connectivity index (χ1n) is 7.00. The summed E-state index contributed by atoms with van der Waals surface area (Å²) >= 11 is 8.85. The van der Waals surface area contributed by atoms with E-state index in [0.29, 0.717) is 12.6 Å².